The van der Waals surface area contributed by atoms with Crippen LogP contribution in [0.4, 0.5) is 0 Å². The van der Waals surface area contributed by atoms with Crippen LogP contribution in [0, 0.1) is 0 Å². The van der Waals surface area contributed by atoms with Gasteiger partial charge in [0.15, 0.2) is 6.10 Å². The molecule has 4 rings (SSSR count). The van der Waals surface area contributed by atoms with Gasteiger partial charge in [0.25, 0.3) is 0 Å². The molecule has 7 heteroatoms. The second-order valence-electron chi connectivity index (χ2n) is 10.1. The molecule has 0 amide bonds. The predicted octanol–water partition coefficient (Wildman–Crippen LogP) is 3.54. The Kier molecular flexibility index (Phi) is 7.50. The Morgan fingerprint density at radius 3 is 1.86 bits per heavy atom. The van der Waals surface area contributed by atoms with Crippen molar-refractivity contribution in [1.82, 2.24) is 5.32 Å². The first-order chi connectivity index (χ1) is 17.6. The Bertz CT molecular complexity index is 1220. The molecule has 0 aromatic heterocycles. The lowest BCUT2D eigenvalue weighted by Crippen LogP contribution is -2.61. The molecule has 194 valence electrons. The normalized spacial score (nSPS) is 16.2. The van der Waals surface area contributed by atoms with Crippen LogP contribution < -0.4 is 5.32 Å². The van der Waals surface area contributed by atoms with Gasteiger partial charge in [0.2, 0.25) is 0 Å². The molecule has 3 N–H and O–H groups in total. The third-order valence-corrected chi connectivity index (χ3v) is 6.38. The van der Waals surface area contributed by atoms with E-state index in [9.17, 15) is 19.8 Å². The molecule has 0 radical (unpaired) electrons. The standard InChI is InChI=1S/C30H33NO6/c1-5-36-28(35)26(33)25(32)24(27(34)37-29(2,3)4)31-30(19-13-7-6-8-14-19)22-17-11-9-15-20(22)21-16-10-12-18-23(21)30/h6-18,24-26,31-33H,5H2,1-4H3/t24-,25+,26-/m0/s1. The van der Waals surface area contributed by atoms with Crippen LogP contribution in [0.3, 0.4) is 0 Å². The van der Waals surface area contributed by atoms with Crippen molar-refractivity contribution in [2.75, 3.05) is 6.61 Å². The summed E-state index contributed by atoms with van der Waals surface area (Å²) in [5.41, 5.74) is 2.53. The van der Waals surface area contributed by atoms with Gasteiger partial charge in [-0.3, -0.25) is 10.1 Å². The maximum Gasteiger partial charge on any atom is 0.337 e. The summed E-state index contributed by atoms with van der Waals surface area (Å²) >= 11 is 0. The van der Waals surface area contributed by atoms with E-state index in [0.29, 0.717) is 0 Å². The maximum absolute atomic E-state index is 13.6. The molecular formula is C30H33NO6. The molecule has 3 aromatic carbocycles. The molecule has 0 saturated heterocycles. The zero-order valence-corrected chi connectivity index (χ0v) is 21.5. The van der Waals surface area contributed by atoms with E-state index in [1.54, 1.807) is 27.7 Å². The molecule has 0 bridgehead atoms. The van der Waals surface area contributed by atoms with E-state index < -0.39 is 41.3 Å². The van der Waals surface area contributed by atoms with E-state index in [1.807, 2.05) is 78.9 Å². The monoisotopic (exact) mass is 503 g/mol. The van der Waals surface area contributed by atoms with Crippen LogP contribution >= 0.6 is 0 Å². The van der Waals surface area contributed by atoms with E-state index in [2.05, 4.69) is 5.32 Å². The molecule has 0 fully saturated rings. The van der Waals surface area contributed by atoms with Crippen molar-refractivity contribution in [3.05, 3.63) is 95.6 Å². The molecule has 0 unspecified atom stereocenters. The quantitative estimate of drug-likeness (QED) is 0.404. The number of ether oxygens (including phenoxy) is 2. The summed E-state index contributed by atoms with van der Waals surface area (Å²) in [6, 6.07) is 23.7. The Morgan fingerprint density at radius 1 is 0.838 bits per heavy atom. The van der Waals surface area contributed by atoms with Crippen molar-refractivity contribution in [3.8, 4) is 11.1 Å². The van der Waals surface area contributed by atoms with Crippen LogP contribution in [0.2, 0.25) is 0 Å². The lowest BCUT2D eigenvalue weighted by Gasteiger charge is -2.39. The number of benzene rings is 3. The molecule has 3 atom stereocenters. The Morgan fingerprint density at radius 2 is 1.35 bits per heavy atom. The topological polar surface area (TPSA) is 105 Å². The highest BCUT2D eigenvalue weighted by atomic mass is 16.6. The lowest BCUT2D eigenvalue weighted by molar-refractivity contribution is -0.170. The van der Waals surface area contributed by atoms with Crippen molar-refractivity contribution in [3.63, 3.8) is 0 Å². The third kappa shape index (κ3) is 5.03. The number of carbonyl (C=O) groups excluding carboxylic acids is 2. The fourth-order valence-corrected chi connectivity index (χ4v) is 4.90. The largest absolute Gasteiger partial charge is 0.464 e. The molecule has 0 spiro atoms. The minimum absolute atomic E-state index is 0.0157. The smallest absolute Gasteiger partial charge is 0.337 e. The summed E-state index contributed by atoms with van der Waals surface area (Å²) < 4.78 is 10.6. The van der Waals surface area contributed by atoms with Gasteiger partial charge < -0.3 is 19.7 Å². The van der Waals surface area contributed by atoms with Gasteiger partial charge in [0.1, 0.15) is 17.7 Å². The van der Waals surface area contributed by atoms with Gasteiger partial charge in [-0.25, -0.2) is 4.79 Å². The van der Waals surface area contributed by atoms with Crippen molar-refractivity contribution in [1.29, 1.82) is 0 Å². The van der Waals surface area contributed by atoms with Crippen molar-refractivity contribution >= 4 is 11.9 Å². The highest BCUT2D eigenvalue weighted by molar-refractivity contribution is 5.85. The van der Waals surface area contributed by atoms with Gasteiger partial charge >= 0.3 is 11.9 Å². The molecule has 37 heavy (non-hydrogen) atoms. The summed E-state index contributed by atoms with van der Waals surface area (Å²) in [5, 5.41) is 25.3. The molecule has 1 aliphatic rings. The van der Waals surface area contributed by atoms with E-state index >= 15 is 0 Å². The average molecular weight is 504 g/mol. The summed E-state index contributed by atoms with van der Waals surface area (Å²) in [5.74, 6) is -1.83. The number of carbonyl (C=O) groups is 2. The minimum atomic E-state index is -1.97. The zero-order chi connectivity index (χ0) is 26.8. The number of nitrogens with one attached hydrogen (secondary N) is 1. The van der Waals surface area contributed by atoms with Crippen molar-refractivity contribution in [2.45, 2.75) is 57.1 Å². The summed E-state index contributed by atoms with van der Waals surface area (Å²) in [4.78, 5) is 25.9. The zero-order valence-electron chi connectivity index (χ0n) is 21.5. The highest BCUT2D eigenvalue weighted by Crippen LogP contribution is 2.51. The van der Waals surface area contributed by atoms with Crippen LogP contribution in [-0.2, 0) is 24.6 Å². The van der Waals surface area contributed by atoms with Crippen LogP contribution in [0.5, 0.6) is 0 Å². The lowest BCUT2D eigenvalue weighted by atomic mass is 9.79. The number of hydrogen-bond donors (Lipinski definition) is 3. The fraction of sp³-hybridized carbons (Fsp3) is 0.333. The number of rotatable bonds is 8. The molecule has 0 saturated carbocycles. The SMILES string of the molecule is CCOC(=O)[C@@H](O)[C@H](O)[C@H](NC1(c2ccccc2)c2ccccc2-c2ccccc21)C(=O)OC(C)(C)C. The Hall–Kier alpha value is -3.52. The van der Waals surface area contributed by atoms with E-state index in [-0.39, 0.29) is 6.61 Å². The molecule has 1 aliphatic carbocycles. The molecule has 0 heterocycles. The number of aliphatic hydroxyl groups is 2. The van der Waals surface area contributed by atoms with Crippen LogP contribution in [0.25, 0.3) is 11.1 Å². The first-order valence-electron chi connectivity index (χ1n) is 12.4. The second kappa shape index (κ2) is 10.5. The first-order valence-corrected chi connectivity index (χ1v) is 12.4. The average Bonchev–Trinajstić information content (AvgIpc) is 3.17. The van der Waals surface area contributed by atoms with Crippen LogP contribution in [0.15, 0.2) is 78.9 Å². The summed E-state index contributed by atoms with van der Waals surface area (Å²) in [6.45, 7) is 6.75. The van der Waals surface area contributed by atoms with Crippen molar-refractivity contribution in [2.24, 2.45) is 0 Å². The van der Waals surface area contributed by atoms with Gasteiger partial charge in [-0.1, -0.05) is 78.9 Å². The number of fused-ring (bicyclic) bond motifs is 3. The van der Waals surface area contributed by atoms with E-state index in [4.69, 9.17) is 9.47 Å². The van der Waals surface area contributed by atoms with E-state index in [0.717, 1.165) is 27.8 Å². The van der Waals surface area contributed by atoms with Gasteiger partial charge in [-0.05, 0) is 55.5 Å². The number of aliphatic hydroxyl groups excluding tert-OH is 2. The molecule has 7 nitrogen and oxygen atoms in total. The fourth-order valence-electron chi connectivity index (χ4n) is 4.90. The molecular weight excluding hydrogens is 470 g/mol. The van der Waals surface area contributed by atoms with Gasteiger partial charge in [-0.15, -0.1) is 0 Å². The molecule has 3 aromatic rings. The van der Waals surface area contributed by atoms with Crippen LogP contribution in [0.1, 0.15) is 44.4 Å². The Labute approximate surface area is 217 Å². The summed E-state index contributed by atoms with van der Waals surface area (Å²) in [7, 11) is 0. The minimum Gasteiger partial charge on any atom is -0.464 e. The van der Waals surface area contributed by atoms with Crippen LogP contribution in [-0.4, -0.2) is 52.6 Å². The van der Waals surface area contributed by atoms with E-state index in [1.165, 1.54) is 0 Å². The highest BCUT2D eigenvalue weighted by Gasteiger charge is 2.50. The first kappa shape index (κ1) is 26.5. The number of hydrogen-bond acceptors (Lipinski definition) is 7. The number of esters is 2. The van der Waals surface area contributed by atoms with Crippen molar-refractivity contribution < 1.29 is 29.3 Å². The second-order valence-corrected chi connectivity index (χ2v) is 10.1. The predicted molar refractivity (Wildman–Crippen MR) is 140 cm³/mol. The van der Waals surface area contributed by atoms with Gasteiger partial charge in [-0.2, -0.15) is 0 Å². The third-order valence-electron chi connectivity index (χ3n) is 6.38. The maximum atomic E-state index is 13.6. The Balaban J connectivity index is 1.92. The molecule has 0 aliphatic heterocycles. The van der Waals surface area contributed by atoms with Gasteiger partial charge in [0, 0.05) is 0 Å². The van der Waals surface area contributed by atoms with Gasteiger partial charge in [0.05, 0.1) is 12.1 Å². The summed E-state index contributed by atoms with van der Waals surface area (Å²) in [6.07, 6.45) is -3.82.